The van der Waals surface area contributed by atoms with Crippen molar-refractivity contribution in [2.24, 2.45) is 0 Å². The number of hydrogen-bond donors (Lipinski definition) is 1. The third-order valence-corrected chi connectivity index (χ3v) is 4.36. The molecule has 0 atom stereocenters. The highest BCUT2D eigenvalue weighted by molar-refractivity contribution is 6.00. The van der Waals surface area contributed by atoms with Gasteiger partial charge in [-0.15, -0.1) is 0 Å². The first-order chi connectivity index (χ1) is 13.1. The van der Waals surface area contributed by atoms with Gasteiger partial charge in [0.05, 0.1) is 5.69 Å². The summed E-state index contributed by atoms with van der Waals surface area (Å²) in [5.74, 6) is -0.568. The van der Waals surface area contributed by atoms with E-state index in [9.17, 15) is 18.8 Å². The number of rotatable bonds is 4. The second kappa shape index (κ2) is 7.54. The molecule has 0 bridgehead atoms. The standard InChI is InChI=1S/C22H22FNO4/c1-22(2,3)28-21(27)24-19-12-17(23)7-6-14(19)11-20(26)15-5-4-13-9-18(25)10-16(13)8-15/h4-8,12H,9-11H2,1-3H3,(H,24,27). The topological polar surface area (TPSA) is 72.5 Å². The van der Waals surface area contributed by atoms with Crippen LogP contribution in [0.2, 0.25) is 0 Å². The van der Waals surface area contributed by atoms with Crippen LogP contribution < -0.4 is 5.32 Å². The van der Waals surface area contributed by atoms with E-state index >= 15 is 0 Å². The third-order valence-electron chi connectivity index (χ3n) is 4.36. The number of ether oxygens (including phenoxy) is 1. The number of benzene rings is 2. The van der Waals surface area contributed by atoms with Crippen molar-refractivity contribution in [3.8, 4) is 0 Å². The molecule has 0 aromatic heterocycles. The molecule has 28 heavy (non-hydrogen) atoms. The molecular formula is C22H22FNO4. The van der Waals surface area contributed by atoms with Crippen LogP contribution in [0.4, 0.5) is 14.9 Å². The quantitative estimate of drug-likeness (QED) is 0.801. The van der Waals surface area contributed by atoms with Crippen LogP contribution in [0.25, 0.3) is 0 Å². The van der Waals surface area contributed by atoms with Crippen LogP contribution in [-0.2, 0) is 28.8 Å². The van der Waals surface area contributed by atoms with Gasteiger partial charge in [-0.2, -0.15) is 0 Å². The number of nitrogens with one attached hydrogen (secondary N) is 1. The van der Waals surface area contributed by atoms with Crippen LogP contribution in [0, 0.1) is 5.82 Å². The fourth-order valence-electron chi connectivity index (χ4n) is 3.13. The minimum atomic E-state index is -0.720. The summed E-state index contributed by atoms with van der Waals surface area (Å²) >= 11 is 0. The van der Waals surface area contributed by atoms with E-state index in [1.54, 1.807) is 39.0 Å². The summed E-state index contributed by atoms with van der Waals surface area (Å²) in [4.78, 5) is 36.3. The Labute approximate surface area is 162 Å². The minimum Gasteiger partial charge on any atom is -0.444 e. The first-order valence-corrected chi connectivity index (χ1v) is 9.06. The van der Waals surface area contributed by atoms with Gasteiger partial charge in [0, 0.05) is 24.8 Å². The second-order valence-electron chi connectivity index (χ2n) is 7.90. The van der Waals surface area contributed by atoms with Crippen molar-refractivity contribution < 1.29 is 23.5 Å². The predicted molar refractivity (Wildman–Crippen MR) is 103 cm³/mol. The van der Waals surface area contributed by atoms with Crippen molar-refractivity contribution in [2.75, 3.05) is 5.32 Å². The Kier molecular flexibility index (Phi) is 5.31. The van der Waals surface area contributed by atoms with Gasteiger partial charge in [-0.3, -0.25) is 14.9 Å². The number of fused-ring (bicyclic) bond motifs is 1. The minimum absolute atomic E-state index is 0.0157. The zero-order chi connectivity index (χ0) is 20.5. The molecule has 1 N–H and O–H groups in total. The Balaban J connectivity index is 1.79. The molecule has 0 radical (unpaired) electrons. The van der Waals surface area contributed by atoms with E-state index in [-0.39, 0.29) is 23.7 Å². The van der Waals surface area contributed by atoms with E-state index in [0.717, 1.165) is 17.2 Å². The lowest BCUT2D eigenvalue weighted by molar-refractivity contribution is -0.117. The van der Waals surface area contributed by atoms with Crippen molar-refractivity contribution in [3.05, 3.63) is 64.5 Å². The van der Waals surface area contributed by atoms with Crippen molar-refractivity contribution in [2.45, 2.75) is 45.6 Å². The summed E-state index contributed by atoms with van der Waals surface area (Å²) in [6, 6.07) is 9.12. The summed E-state index contributed by atoms with van der Waals surface area (Å²) in [7, 11) is 0. The summed E-state index contributed by atoms with van der Waals surface area (Å²) in [5, 5.41) is 2.51. The Morgan fingerprint density at radius 3 is 2.50 bits per heavy atom. The largest absolute Gasteiger partial charge is 0.444 e. The molecule has 1 aliphatic rings. The van der Waals surface area contributed by atoms with Gasteiger partial charge in [-0.05, 0) is 55.7 Å². The molecule has 3 rings (SSSR count). The van der Waals surface area contributed by atoms with Crippen LogP contribution in [0.5, 0.6) is 0 Å². The zero-order valence-corrected chi connectivity index (χ0v) is 16.1. The summed E-state index contributed by atoms with van der Waals surface area (Å²) < 4.78 is 18.9. The molecule has 0 saturated carbocycles. The molecule has 0 heterocycles. The van der Waals surface area contributed by atoms with Gasteiger partial charge in [0.1, 0.15) is 17.2 Å². The zero-order valence-electron chi connectivity index (χ0n) is 16.1. The molecule has 0 saturated heterocycles. The molecule has 0 fully saturated rings. The highest BCUT2D eigenvalue weighted by Crippen LogP contribution is 2.24. The molecule has 5 nitrogen and oxygen atoms in total. The highest BCUT2D eigenvalue weighted by Gasteiger charge is 2.21. The Morgan fingerprint density at radius 2 is 1.79 bits per heavy atom. The monoisotopic (exact) mass is 383 g/mol. The van der Waals surface area contributed by atoms with E-state index in [0.29, 0.717) is 24.0 Å². The van der Waals surface area contributed by atoms with Gasteiger partial charge >= 0.3 is 6.09 Å². The molecule has 146 valence electrons. The van der Waals surface area contributed by atoms with Crippen LogP contribution >= 0.6 is 0 Å². The first kappa shape index (κ1) is 19.7. The Bertz CT molecular complexity index is 959. The lowest BCUT2D eigenvalue weighted by atomic mass is 9.98. The van der Waals surface area contributed by atoms with Crippen LogP contribution in [0.1, 0.15) is 47.8 Å². The molecule has 1 amide bonds. The SMILES string of the molecule is CC(C)(C)OC(=O)Nc1cc(F)ccc1CC(=O)c1ccc2c(c1)CC(=O)C2. The molecule has 2 aromatic rings. The van der Waals surface area contributed by atoms with E-state index in [2.05, 4.69) is 5.32 Å². The van der Waals surface area contributed by atoms with Gasteiger partial charge in [0.25, 0.3) is 0 Å². The molecule has 0 unspecified atom stereocenters. The first-order valence-electron chi connectivity index (χ1n) is 9.06. The van der Waals surface area contributed by atoms with Crippen LogP contribution in [0.15, 0.2) is 36.4 Å². The third kappa shape index (κ3) is 4.82. The smallest absolute Gasteiger partial charge is 0.412 e. The Hall–Kier alpha value is -3.02. The Morgan fingerprint density at radius 1 is 1.07 bits per heavy atom. The fraction of sp³-hybridized carbons (Fsp3) is 0.318. The molecular weight excluding hydrogens is 361 g/mol. The number of Topliss-reactive ketones (excluding diaryl/α,β-unsaturated/α-hetero) is 2. The summed E-state index contributed by atoms with van der Waals surface area (Å²) in [6.07, 6.45) is 0.0188. The van der Waals surface area contributed by atoms with E-state index in [1.807, 2.05) is 0 Å². The van der Waals surface area contributed by atoms with Gasteiger partial charge in [0.2, 0.25) is 0 Å². The van der Waals surface area contributed by atoms with Gasteiger partial charge in [-0.1, -0.05) is 18.2 Å². The highest BCUT2D eigenvalue weighted by atomic mass is 19.1. The van der Waals surface area contributed by atoms with Gasteiger partial charge in [0.15, 0.2) is 5.78 Å². The normalized spacial score (nSPS) is 13.2. The number of amides is 1. The van der Waals surface area contributed by atoms with Crippen molar-refractivity contribution >= 4 is 23.3 Å². The van der Waals surface area contributed by atoms with Gasteiger partial charge in [-0.25, -0.2) is 9.18 Å². The number of ketones is 2. The van der Waals surface area contributed by atoms with Crippen LogP contribution in [-0.4, -0.2) is 23.3 Å². The lowest BCUT2D eigenvalue weighted by Crippen LogP contribution is -2.27. The average Bonchev–Trinajstić information content (AvgIpc) is 2.94. The maximum atomic E-state index is 13.7. The average molecular weight is 383 g/mol. The molecule has 0 aliphatic heterocycles. The maximum Gasteiger partial charge on any atom is 0.412 e. The van der Waals surface area contributed by atoms with E-state index in [1.165, 1.54) is 12.1 Å². The second-order valence-corrected chi connectivity index (χ2v) is 7.90. The fourth-order valence-corrected chi connectivity index (χ4v) is 3.13. The van der Waals surface area contributed by atoms with E-state index in [4.69, 9.17) is 4.74 Å². The number of hydrogen-bond acceptors (Lipinski definition) is 4. The number of carbonyl (C=O) groups excluding carboxylic acids is 3. The molecule has 0 spiro atoms. The molecule has 2 aromatic carbocycles. The number of halogens is 1. The predicted octanol–water partition coefficient (Wildman–Crippen LogP) is 4.27. The molecule has 1 aliphatic carbocycles. The summed E-state index contributed by atoms with van der Waals surface area (Å²) in [5.41, 5.74) is 2.29. The van der Waals surface area contributed by atoms with Gasteiger partial charge < -0.3 is 4.74 Å². The maximum absolute atomic E-state index is 13.7. The summed E-state index contributed by atoms with van der Waals surface area (Å²) in [6.45, 7) is 5.17. The van der Waals surface area contributed by atoms with Crippen molar-refractivity contribution in [3.63, 3.8) is 0 Å². The number of anilines is 1. The van der Waals surface area contributed by atoms with E-state index < -0.39 is 17.5 Å². The van der Waals surface area contributed by atoms with Crippen molar-refractivity contribution in [1.29, 1.82) is 0 Å². The molecule has 6 heteroatoms. The number of carbonyl (C=O) groups is 3. The van der Waals surface area contributed by atoms with Crippen LogP contribution in [0.3, 0.4) is 0 Å². The van der Waals surface area contributed by atoms with Crippen molar-refractivity contribution in [1.82, 2.24) is 0 Å². The lowest BCUT2D eigenvalue weighted by Gasteiger charge is -2.20.